The lowest BCUT2D eigenvalue weighted by Gasteiger charge is -2.40. The molecule has 0 fully saturated rings. The molecular weight excluding hydrogens is 234 g/mol. The van der Waals surface area contributed by atoms with Crippen molar-refractivity contribution in [1.82, 2.24) is 5.32 Å². The highest BCUT2D eigenvalue weighted by Gasteiger charge is 2.34. The Hall–Kier alpha value is -1.05. The Morgan fingerprint density at radius 3 is 2.63 bits per heavy atom. The highest BCUT2D eigenvalue weighted by Crippen LogP contribution is 2.35. The van der Waals surface area contributed by atoms with Crippen LogP contribution in [-0.4, -0.2) is 11.4 Å². The molecule has 0 heterocycles. The van der Waals surface area contributed by atoms with Crippen molar-refractivity contribution in [3.8, 4) is 0 Å². The number of hydrogen-bond donors (Lipinski definition) is 1. The van der Waals surface area contributed by atoms with Gasteiger partial charge in [-0.25, -0.2) is 0 Å². The molecule has 2 atom stereocenters. The van der Waals surface area contributed by atoms with Gasteiger partial charge >= 0.3 is 0 Å². The van der Waals surface area contributed by atoms with E-state index in [2.05, 4.69) is 45.2 Å². The van der Waals surface area contributed by atoms with Crippen LogP contribution in [0.3, 0.4) is 0 Å². The Morgan fingerprint density at radius 1 is 1.47 bits per heavy atom. The molecule has 0 aromatic heterocycles. The Kier molecular flexibility index (Phi) is 5.84. The molecule has 0 saturated heterocycles. The summed E-state index contributed by atoms with van der Waals surface area (Å²) in [4.78, 5) is 11.5. The fraction of sp³-hybridized carbons (Fsp3) is 0.706. The molecule has 0 aliphatic heterocycles. The lowest BCUT2D eigenvalue weighted by Crippen LogP contribution is -2.51. The van der Waals surface area contributed by atoms with E-state index in [0.29, 0.717) is 5.92 Å². The van der Waals surface area contributed by atoms with Gasteiger partial charge in [-0.15, -0.1) is 0 Å². The molecule has 0 saturated carbocycles. The number of carbonyl (C=O) groups excluding carboxylic acids is 1. The number of amides is 1. The van der Waals surface area contributed by atoms with Crippen LogP contribution in [0.2, 0.25) is 0 Å². The van der Waals surface area contributed by atoms with Crippen molar-refractivity contribution in [3.63, 3.8) is 0 Å². The molecule has 2 heteroatoms. The van der Waals surface area contributed by atoms with E-state index in [9.17, 15) is 4.79 Å². The average molecular weight is 263 g/mol. The first-order valence-corrected chi connectivity index (χ1v) is 7.41. The second-order valence-electron chi connectivity index (χ2n) is 6.44. The van der Waals surface area contributed by atoms with Crippen LogP contribution in [0.1, 0.15) is 66.7 Å². The average Bonchev–Trinajstić information content (AvgIpc) is 2.28. The summed E-state index contributed by atoms with van der Waals surface area (Å²) in [7, 11) is 0. The summed E-state index contributed by atoms with van der Waals surface area (Å²) in [5, 5.41) is 3.22. The largest absolute Gasteiger partial charge is 0.351 e. The van der Waals surface area contributed by atoms with Crippen LogP contribution in [-0.2, 0) is 4.79 Å². The zero-order valence-electron chi connectivity index (χ0n) is 13.2. The summed E-state index contributed by atoms with van der Waals surface area (Å²) in [5.74, 6) is 0.650. The Morgan fingerprint density at radius 2 is 2.16 bits per heavy atom. The minimum absolute atomic E-state index is 0.0744. The van der Waals surface area contributed by atoms with E-state index in [-0.39, 0.29) is 11.4 Å². The molecular formula is C17H29NO. The van der Waals surface area contributed by atoms with Crippen molar-refractivity contribution < 1.29 is 4.79 Å². The van der Waals surface area contributed by atoms with Gasteiger partial charge in [0.15, 0.2) is 0 Å². The van der Waals surface area contributed by atoms with Gasteiger partial charge in [0.1, 0.15) is 0 Å². The predicted octanol–water partition coefficient (Wildman–Crippen LogP) is 4.37. The van der Waals surface area contributed by atoms with Gasteiger partial charge in [0, 0.05) is 12.5 Å². The molecule has 0 radical (unpaired) electrons. The zero-order chi connectivity index (χ0) is 14.5. The first-order valence-electron chi connectivity index (χ1n) is 7.41. The highest BCUT2D eigenvalue weighted by molar-refractivity contribution is 5.73. The predicted molar refractivity (Wildman–Crippen MR) is 82.0 cm³/mol. The van der Waals surface area contributed by atoms with Crippen LogP contribution in [0.5, 0.6) is 0 Å². The minimum atomic E-state index is -0.0744. The monoisotopic (exact) mass is 263 g/mol. The summed E-state index contributed by atoms with van der Waals surface area (Å²) in [6.45, 7) is 10.3. The molecule has 1 aliphatic carbocycles. The van der Waals surface area contributed by atoms with Gasteiger partial charge in [0.05, 0.1) is 0 Å². The molecule has 0 aromatic rings. The molecule has 1 aliphatic rings. The van der Waals surface area contributed by atoms with Crippen LogP contribution in [0, 0.1) is 5.92 Å². The third kappa shape index (κ3) is 5.22. The van der Waals surface area contributed by atoms with E-state index >= 15 is 0 Å². The summed E-state index contributed by atoms with van der Waals surface area (Å²) < 4.78 is 0. The molecule has 1 rings (SSSR count). The van der Waals surface area contributed by atoms with Gasteiger partial charge in [-0.05, 0) is 65.7 Å². The first kappa shape index (κ1) is 16.0. The number of rotatable bonds is 5. The maximum atomic E-state index is 11.5. The lowest BCUT2D eigenvalue weighted by atomic mass is 9.74. The third-order valence-electron chi connectivity index (χ3n) is 4.22. The molecule has 108 valence electrons. The van der Waals surface area contributed by atoms with Crippen molar-refractivity contribution >= 4 is 5.91 Å². The fourth-order valence-electron chi connectivity index (χ4n) is 2.98. The summed E-state index contributed by atoms with van der Waals surface area (Å²) in [6.07, 6.45) is 10.1. The van der Waals surface area contributed by atoms with E-state index in [1.807, 2.05) is 0 Å². The normalized spacial score (nSPS) is 22.2. The van der Waals surface area contributed by atoms with Crippen LogP contribution in [0.15, 0.2) is 23.3 Å². The van der Waals surface area contributed by atoms with Gasteiger partial charge in [0.2, 0.25) is 5.91 Å². The van der Waals surface area contributed by atoms with Gasteiger partial charge in [-0.3, -0.25) is 4.79 Å². The van der Waals surface area contributed by atoms with Crippen molar-refractivity contribution in [2.45, 2.75) is 72.3 Å². The molecule has 0 bridgehead atoms. The van der Waals surface area contributed by atoms with E-state index in [0.717, 1.165) is 19.3 Å². The van der Waals surface area contributed by atoms with Crippen LogP contribution in [0.4, 0.5) is 0 Å². The van der Waals surface area contributed by atoms with Crippen molar-refractivity contribution in [2.24, 2.45) is 5.92 Å². The number of nitrogens with one attached hydrogen (secondary N) is 1. The van der Waals surface area contributed by atoms with Gasteiger partial charge in [-0.2, -0.15) is 0 Å². The van der Waals surface area contributed by atoms with Gasteiger partial charge in [-0.1, -0.05) is 23.3 Å². The van der Waals surface area contributed by atoms with Gasteiger partial charge in [0.25, 0.3) is 0 Å². The van der Waals surface area contributed by atoms with E-state index in [4.69, 9.17) is 0 Å². The summed E-state index contributed by atoms with van der Waals surface area (Å²) in [6, 6.07) is 0. The molecule has 1 N–H and O–H groups in total. The van der Waals surface area contributed by atoms with E-state index in [1.165, 1.54) is 24.0 Å². The Labute approximate surface area is 118 Å². The Balaban J connectivity index is 2.74. The standard InChI is InChI=1S/C17H29NO/c1-13(2)7-6-12-17(5,18-15(4)19)16-10-8-14(3)9-11-16/h7-8,16H,6,9-12H2,1-5H3,(H,18,19)/t16-,17+/m0/s1. The molecule has 0 aromatic carbocycles. The van der Waals surface area contributed by atoms with Crippen LogP contribution in [0.25, 0.3) is 0 Å². The fourth-order valence-corrected chi connectivity index (χ4v) is 2.98. The maximum Gasteiger partial charge on any atom is 0.217 e. The summed E-state index contributed by atoms with van der Waals surface area (Å²) in [5.41, 5.74) is 2.77. The zero-order valence-corrected chi connectivity index (χ0v) is 13.2. The van der Waals surface area contributed by atoms with Crippen molar-refractivity contribution in [2.75, 3.05) is 0 Å². The SMILES string of the molecule is CC(=O)N[C@](C)(CCC=C(C)C)[C@H]1CC=C(C)CC1. The summed E-state index contributed by atoms with van der Waals surface area (Å²) >= 11 is 0. The molecule has 2 nitrogen and oxygen atoms in total. The van der Waals surface area contributed by atoms with E-state index < -0.39 is 0 Å². The van der Waals surface area contributed by atoms with Gasteiger partial charge < -0.3 is 5.32 Å². The molecule has 19 heavy (non-hydrogen) atoms. The first-order chi connectivity index (χ1) is 8.83. The number of allylic oxidation sites excluding steroid dienone is 4. The van der Waals surface area contributed by atoms with Crippen molar-refractivity contribution in [1.29, 1.82) is 0 Å². The molecule has 0 unspecified atom stereocenters. The van der Waals surface area contributed by atoms with Crippen LogP contribution < -0.4 is 5.32 Å². The minimum Gasteiger partial charge on any atom is -0.351 e. The topological polar surface area (TPSA) is 29.1 Å². The molecule has 1 amide bonds. The van der Waals surface area contributed by atoms with E-state index in [1.54, 1.807) is 6.92 Å². The molecule has 0 spiro atoms. The third-order valence-corrected chi connectivity index (χ3v) is 4.22. The Bertz CT molecular complexity index is 377. The quantitative estimate of drug-likeness (QED) is 0.733. The highest BCUT2D eigenvalue weighted by atomic mass is 16.1. The lowest BCUT2D eigenvalue weighted by molar-refractivity contribution is -0.121. The smallest absolute Gasteiger partial charge is 0.217 e. The van der Waals surface area contributed by atoms with Crippen LogP contribution >= 0.6 is 0 Å². The second kappa shape index (κ2) is 6.93. The maximum absolute atomic E-state index is 11.5. The number of carbonyl (C=O) groups is 1. The number of hydrogen-bond acceptors (Lipinski definition) is 1. The van der Waals surface area contributed by atoms with Crippen molar-refractivity contribution in [3.05, 3.63) is 23.3 Å². The second-order valence-corrected chi connectivity index (χ2v) is 6.44.